The minimum Gasteiger partial charge on any atom is -0.364 e. The number of hydrogen-bond donors (Lipinski definition) is 0. The summed E-state index contributed by atoms with van der Waals surface area (Å²) in [6.45, 7) is 2.00. The maximum absolute atomic E-state index is 12.5. The standard InChI is InChI=1S/C19H22N4O3/c24-18-5-4-14-13-22(19(25)16-8-12-26-21-16)10-7-17(14)23(18)11-6-15-3-1-2-9-20-15/h1-3,8-9,12,14,17H,4-7,10-11,13H2/t14-,17+/m1/s1. The lowest BCUT2D eigenvalue weighted by molar-refractivity contribution is -0.140. The third-order valence-electron chi connectivity index (χ3n) is 5.42. The number of nitrogens with zero attached hydrogens (tertiary/aromatic N) is 4. The van der Waals surface area contributed by atoms with E-state index in [2.05, 4.69) is 10.1 Å². The molecule has 0 saturated carbocycles. The van der Waals surface area contributed by atoms with Crippen LogP contribution in [0.1, 0.15) is 35.4 Å². The molecule has 4 heterocycles. The molecule has 0 N–H and O–H groups in total. The van der Waals surface area contributed by atoms with Crippen molar-refractivity contribution < 1.29 is 14.1 Å². The van der Waals surface area contributed by atoms with Crippen molar-refractivity contribution >= 4 is 11.8 Å². The fourth-order valence-corrected chi connectivity index (χ4v) is 4.09. The van der Waals surface area contributed by atoms with Gasteiger partial charge in [-0.1, -0.05) is 11.2 Å². The van der Waals surface area contributed by atoms with Crippen LogP contribution in [0, 0.1) is 5.92 Å². The van der Waals surface area contributed by atoms with Gasteiger partial charge >= 0.3 is 0 Å². The maximum atomic E-state index is 12.5. The summed E-state index contributed by atoms with van der Waals surface area (Å²) in [5, 5.41) is 3.75. The van der Waals surface area contributed by atoms with Crippen LogP contribution >= 0.6 is 0 Å². The number of carbonyl (C=O) groups is 2. The number of carbonyl (C=O) groups excluding carboxylic acids is 2. The van der Waals surface area contributed by atoms with Gasteiger partial charge in [-0.05, 0) is 30.9 Å². The van der Waals surface area contributed by atoms with Gasteiger partial charge in [-0.25, -0.2) is 0 Å². The van der Waals surface area contributed by atoms with Gasteiger partial charge in [0.25, 0.3) is 5.91 Å². The van der Waals surface area contributed by atoms with Crippen LogP contribution in [0.25, 0.3) is 0 Å². The quantitative estimate of drug-likeness (QED) is 0.836. The molecule has 26 heavy (non-hydrogen) atoms. The Morgan fingerprint density at radius 3 is 2.96 bits per heavy atom. The largest absolute Gasteiger partial charge is 0.364 e. The summed E-state index contributed by atoms with van der Waals surface area (Å²) in [5.41, 5.74) is 1.35. The third kappa shape index (κ3) is 3.34. The van der Waals surface area contributed by atoms with Crippen molar-refractivity contribution in [2.24, 2.45) is 5.92 Å². The summed E-state index contributed by atoms with van der Waals surface area (Å²) in [5.74, 6) is 0.452. The molecule has 7 heteroatoms. The zero-order valence-corrected chi connectivity index (χ0v) is 14.6. The number of fused-ring (bicyclic) bond motifs is 1. The molecule has 0 aliphatic carbocycles. The number of aromatic nitrogens is 2. The molecule has 2 fully saturated rings. The van der Waals surface area contributed by atoms with E-state index in [0.29, 0.717) is 37.7 Å². The molecule has 2 aromatic rings. The van der Waals surface area contributed by atoms with Crippen molar-refractivity contribution in [2.75, 3.05) is 19.6 Å². The summed E-state index contributed by atoms with van der Waals surface area (Å²) >= 11 is 0. The Morgan fingerprint density at radius 1 is 1.27 bits per heavy atom. The van der Waals surface area contributed by atoms with E-state index in [9.17, 15) is 9.59 Å². The van der Waals surface area contributed by atoms with Gasteiger partial charge in [0.2, 0.25) is 5.91 Å². The molecule has 0 unspecified atom stereocenters. The fourth-order valence-electron chi connectivity index (χ4n) is 4.09. The monoisotopic (exact) mass is 354 g/mol. The van der Waals surface area contributed by atoms with Crippen LogP contribution in [0.4, 0.5) is 0 Å². The zero-order valence-electron chi connectivity index (χ0n) is 14.6. The van der Waals surface area contributed by atoms with Crippen molar-refractivity contribution in [3.05, 3.63) is 48.1 Å². The highest BCUT2D eigenvalue weighted by Crippen LogP contribution is 2.31. The first kappa shape index (κ1) is 16.8. The summed E-state index contributed by atoms with van der Waals surface area (Å²) in [6, 6.07) is 7.66. The first-order valence-electron chi connectivity index (χ1n) is 9.11. The smallest absolute Gasteiger partial charge is 0.276 e. The van der Waals surface area contributed by atoms with Crippen LogP contribution in [0.2, 0.25) is 0 Å². The van der Waals surface area contributed by atoms with E-state index in [1.54, 1.807) is 12.3 Å². The Labute approximate surface area is 152 Å². The molecule has 2 aliphatic heterocycles. The van der Waals surface area contributed by atoms with Gasteiger partial charge in [-0.15, -0.1) is 0 Å². The molecule has 2 aromatic heterocycles. The second-order valence-electron chi connectivity index (χ2n) is 6.95. The molecule has 2 amide bonds. The number of pyridine rings is 1. The highest BCUT2D eigenvalue weighted by atomic mass is 16.5. The molecule has 2 saturated heterocycles. The van der Waals surface area contributed by atoms with Crippen molar-refractivity contribution in [3.8, 4) is 0 Å². The van der Waals surface area contributed by atoms with Gasteiger partial charge in [0, 0.05) is 56.5 Å². The third-order valence-corrected chi connectivity index (χ3v) is 5.42. The molecule has 0 bridgehead atoms. The van der Waals surface area contributed by atoms with E-state index >= 15 is 0 Å². The zero-order chi connectivity index (χ0) is 17.9. The molecule has 0 spiro atoms. The van der Waals surface area contributed by atoms with Gasteiger partial charge in [-0.2, -0.15) is 0 Å². The van der Waals surface area contributed by atoms with Crippen LogP contribution in [0.15, 0.2) is 41.2 Å². The van der Waals surface area contributed by atoms with E-state index in [0.717, 1.165) is 25.0 Å². The Bertz CT molecular complexity index is 762. The summed E-state index contributed by atoms with van der Waals surface area (Å²) in [7, 11) is 0. The van der Waals surface area contributed by atoms with Crippen LogP contribution < -0.4 is 0 Å². The molecule has 2 aliphatic rings. The number of amides is 2. The van der Waals surface area contributed by atoms with E-state index in [-0.39, 0.29) is 17.9 Å². The minimum absolute atomic E-state index is 0.0888. The predicted molar refractivity (Wildman–Crippen MR) is 93.2 cm³/mol. The minimum atomic E-state index is -0.0888. The molecule has 0 aromatic carbocycles. The molecular weight excluding hydrogens is 332 g/mol. The normalized spacial score (nSPS) is 23.0. The second kappa shape index (κ2) is 7.27. The SMILES string of the molecule is O=C(c1ccon1)N1CC[C@H]2[C@H](CCC(=O)N2CCc2ccccn2)C1. The summed E-state index contributed by atoms with van der Waals surface area (Å²) in [6.07, 6.45) is 6.16. The maximum Gasteiger partial charge on any atom is 0.276 e. The first-order valence-corrected chi connectivity index (χ1v) is 9.11. The summed E-state index contributed by atoms with van der Waals surface area (Å²) in [4.78, 5) is 33.2. The van der Waals surface area contributed by atoms with Crippen LogP contribution in [-0.4, -0.2) is 57.4 Å². The van der Waals surface area contributed by atoms with Gasteiger partial charge in [0.1, 0.15) is 6.26 Å². The Kier molecular flexibility index (Phi) is 4.69. The van der Waals surface area contributed by atoms with Crippen LogP contribution in [0.5, 0.6) is 0 Å². The first-order chi connectivity index (χ1) is 12.7. The Hall–Kier alpha value is -2.70. The lowest BCUT2D eigenvalue weighted by Gasteiger charge is -2.47. The molecule has 136 valence electrons. The lowest BCUT2D eigenvalue weighted by atomic mass is 9.83. The van der Waals surface area contributed by atoms with E-state index < -0.39 is 0 Å². The number of rotatable bonds is 4. The number of hydrogen-bond acceptors (Lipinski definition) is 5. The predicted octanol–water partition coefficient (Wildman–Crippen LogP) is 1.77. The average Bonchev–Trinajstić information content (AvgIpc) is 3.22. The lowest BCUT2D eigenvalue weighted by Crippen LogP contribution is -2.57. The van der Waals surface area contributed by atoms with Gasteiger partial charge < -0.3 is 14.3 Å². The fraction of sp³-hybridized carbons (Fsp3) is 0.474. The second-order valence-corrected chi connectivity index (χ2v) is 6.95. The van der Waals surface area contributed by atoms with Crippen LogP contribution in [0.3, 0.4) is 0 Å². The summed E-state index contributed by atoms with van der Waals surface area (Å²) < 4.78 is 4.78. The molecule has 0 radical (unpaired) electrons. The molecule has 7 nitrogen and oxygen atoms in total. The molecule has 4 rings (SSSR count). The molecule has 2 atom stereocenters. The van der Waals surface area contributed by atoms with Crippen molar-refractivity contribution in [3.63, 3.8) is 0 Å². The van der Waals surface area contributed by atoms with E-state index in [1.165, 1.54) is 6.26 Å². The molecular formula is C19H22N4O3. The topological polar surface area (TPSA) is 79.5 Å². The average molecular weight is 354 g/mol. The van der Waals surface area contributed by atoms with E-state index in [1.807, 2.05) is 28.0 Å². The Morgan fingerprint density at radius 2 is 2.19 bits per heavy atom. The van der Waals surface area contributed by atoms with Crippen molar-refractivity contribution in [2.45, 2.75) is 31.7 Å². The number of likely N-dealkylation sites (tertiary alicyclic amines) is 2. The van der Waals surface area contributed by atoms with Crippen molar-refractivity contribution in [1.82, 2.24) is 19.9 Å². The van der Waals surface area contributed by atoms with Gasteiger partial charge in [0.05, 0.1) is 0 Å². The van der Waals surface area contributed by atoms with Gasteiger partial charge in [0.15, 0.2) is 5.69 Å². The highest BCUT2D eigenvalue weighted by Gasteiger charge is 2.40. The van der Waals surface area contributed by atoms with Crippen LogP contribution in [-0.2, 0) is 11.2 Å². The van der Waals surface area contributed by atoms with E-state index in [4.69, 9.17) is 4.52 Å². The van der Waals surface area contributed by atoms with Crippen molar-refractivity contribution in [1.29, 1.82) is 0 Å². The number of piperidine rings is 2. The highest BCUT2D eigenvalue weighted by molar-refractivity contribution is 5.92. The van der Waals surface area contributed by atoms with Gasteiger partial charge in [-0.3, -0.25) is 14.6 Å². The Balaban J connectivity index is 1.41.